The fourth-order valence-electron chi connectivity index (χ4n) is 1.82. The van der Waals surface area contributed by atoms with Gasteiger partial charge >= 0.3 is 0 Å². The first-order chi connectivity index (χ1) is 7.38. The van der Waals surface area contributed by atoms with Crippen LogP contribution in [-0.2, 0) is 0 Å². The third-order valence-corrected chi connectivity index (χ3v) is 2.59. The molecule has 1 rings (SSSR count). The van der Waals surface area contributed by atoms with Crippen LogP contribution in [0.4, 0.5) is 0 Å². The van der Waals surface area contributed by atoms with E-state index in [9.17, 15) is 0 Å². The van der Waals surface area contributed by atoms with E-state index in [4.69, 9.17) is 0 Å². The standard InChI is InChI=1S/C15H20/c1-3-5-6-7-11-15-13-9-8-12-14(15)10-4-2/h3-7,10-11H,2,8-9,12-13H2,1H3/b5-3+,7-6-,14-10+,15-11+. The summed E-state index contributed by atoms with van der Waals surface area (Å²) >= 11 is 0. The van der Waals surface area contributed by atoms with Crippen molar-refractivity contribution in [2.75, 3.05) is 0 Å². The molecule has 0 nitrogen and oxygen atoms in total. The summed E-state index contributed by atoms with van der Waals surface area (Å²) in [4.78, 5) is 0. The van der Waals surface area contributed by atoms with E-state index in [1.165, 1.54) is 36.8 Å². The maximum atomic E-state index is 3.77. The third kappa shape index (κ3) is 4.16. The second-order valence-electron chi connectivity index (χ2n) is 3.74. The van der Waals surface area contributed by atoms with E-state index in [2.05, 4.69) is 37.0 Å². The van der Waals surface area contributed by atoms with E-state index in [-0.39, 0.29) is 0 Å². The molecule has 0 N–H and O–H groups in total. The van der Waals surface area contributed by atoms with Crippen LogP contribution in [0.15, 0.2) is 60.3 Å². The van der Waals surface area contributed by atoms with Crippen molar-refractivity contribution >= 4 is 0 Å². The second-order valence-corrected chi connectivity index (χ2v) is 3.74. The van der Waals surface area contributed by atoms with Crippen LogP contribution in [0.1, 0.15) is 32.6 Å². The highest BCUT2D eigenvalue weighted by Gasteiger charge is 2.09. The molecule has 0 aromatic rings. The van der Waals surface area contributed by atoms with Crippen LogP contribution in [0, 0.1) is 0 Å². The quantitative estimate of drug-likeness (QED) is 0.578. The first-order valence-corrected chi connectivity index (χ1v) is 5.69. The Morgan fingerprint density at radius 1 is 0.933 bits per heavy atom. The van der Waals surface area contributed by atoms with Crippen molar-refractivity contribution in [3.05, 3.63) is 60.3 Å². The van der Waals surface area contributed by atoms with E-state index in [0.29, 0.717) is 0 Å². The first-order valence-electron chi connectivity index (χ1n) is 5.69. The van der Waals surface area contributed by atoms with Gasteiger partial charge in [0.15, 0.2) is 0 Å². The van der Waals surface area contributed by atoms with Crippen molar-refractivity contribution in [1.82, 2.24) is 0 Å². The Hall–Kier alpha value is -1.30. The minimum Gasteiger partial charge on any atom is -0.0991 e. The lowest BCUT2D eigenvalue weighted by atomic mass is 9.89. The molecule has 0 bridgehead atoms. The summed E-state index contributed by atoms with van der Waals surface area (Å²) in [5.74, 6) is 0. The summed E-state index contributed by atoms with van der Waals surface area (Å²) in [6.45, 7) is 5.80. The topological polar surface area (TPSA) is 0 Å². The zero-order chi connectivity index (χ0) is 10.9. The van der Waals surface area contributed by atoms with Gasteiger partial charge in [0.25, 0.3) is 0 Å². The molecular weight excluding hydrogens is 180 g/mol. The highest BCUT2D eigenvalue weighted by atomic mass is 14.1. The molecule has 0 spiro atoms. The summed E-state index contributed by atoms with van der Waals surface area (Å²) in [5.41, 5.74) is 2.93. The monoisotopic (exact) mass is 200 g/mol. The second kappa shape index (κ2) is 7.05. The van der Waals surface area contributed by atoms with Crippen molar-refractivity contribution in [3.8, 4) is 0 Å². The van der Waals surface area contributed by atoms with Crippen molar-refractivity contribution < 1.29 is 0 Å². The summed E-state index contributed by atoms with van der Waals surface area (Å²) in [6.07, 6.45) is 19.6. The van der Waals surface area contributed by atoms with Crippen LogP contribution in [-0.4, -0.2) is 0 Å². The van der Waals surface area contributed by atoms with Crippen molar-refractivity contribution in [2.24, 2.45) is 0 Å². The Balaban J connectivity index is 2.71. The Morgan fingerprint density at radius 3 is 2.20 bits per heavy atom. The van der Waals surface area contributed by atoms with Gasteiger partial charge in [0, 0.05) is 0 Å². The van der Waals surface area contributed by atoms with Gasteiger partial charge < -0.3 is 0 Å². The molecule has 0 aromatic heterocycles. The largest absolute Gasteiger partial charge is 0.0991 e. The summed E-state index contributed by atoms with van der Waals surface area (Å²) < 4.78 is 0. The van der Waals surface area contributed by atoms with Crippen molar-refractivity contribution in [1.29, 1.82) is 0 Å². The molecule has 1 aliphatic carbocycles. The minimum absolute atomic E-state index is 1.20. The van der Waals surface area contributed by atoms with E-state index >= 15 is 0 Å². The van der Waals surface area contributed by atoms with Crippen LogP contribution in [0.3, 0.4) is 0 Å². The molecule has 0 atom stereocenters. The van der Waals surface area contributed by atoms with Gasteiger partial charge in [-0.25, -0.2) is 0 Å². The third-order valence-electron chi connectivity index (χ3n) is 2.59. The van der Waals surface area contributed by atoms with Gasteiger partial charge in [-0.2, -0.15) is 0 Å². The lowest BCUT2D eigenvalue weighted by Crippen LogP contribution is -1.97. The molecule has 0 saturated heterocycles. The zero-order valence-corrected chi connectivity index (χ0v) is 9.58. The lowest BCUT2D eigenvalue weighted by molar-refractivity contribution is 0.679. The summed E-state index contributed by atoms with van der Waals surface area (Å²) in [6, 6.07) is 0. The Labute approximate surface area is 93.4 Å². The van der Waals surface area contributed by atoms with Crippen LogP contribution in [0.25, 0.3) is 0 Å². The fourth-order valence-corrected chi connectivity index (χ4v) is 1.82. The number of hydrogen-bond donors (Lipinski definition) is 0. The van der Waals surface area contributed by atoms with Crippen LogP contribution in [0.2, 0.25) is 0 Å². The average Bonchev–Trinajstić information content (AvgIpc) is 2.27. The smallest absolute Gasteiger partial charge is 0.0276 e. The molecule has 0 unspecified atom stereocenters. The maximum absolute atomic E-state index is 3.77. The van der Waals surface area contributed by atoms with Gasteiger partial charge in [0.2, 0.25) is 0 Å². The Bertz CT molecular complexity index is 311. The van der Waals surface area contributed by atoms with Crippen molar-refractivity contribution in [3.63, 3.8) is 0 Å². The van der Waals surface area contributed by atoms with Crippen LogP contribution in [0.5, 0.6) is 0 Å². The van der Waals surface area contributed by atoms with Crippen molar-refractivity contribution in [2.45, 2.75) is 32.6 Å². The average molecular weight is 200 g/mol. The van der Waals surface area contributed by atoms with Crippen LogP contribution >= 0.6 is 0 Å². The molecule has 1 fully saturated rings. The molecule has 0 radical (unpaired) electrons. The molecule has 15 heavy (non-hydrogen) atoms. The minimum atomic E-state index is 1.20. The first kappa shape index (κ1) is 11.8. The van der Waals surface area contributed by atoms with E-state index in [0.717, 1.165) is 0 Å². The molecule has 0 heteroatoms. The fraction of sp³-hybridized carbons (Fsp3) is 0.333. The van der Waals surface area contributed by atoms with Gasteiger partial charge in [0.05, 0.1) is 0 Å². The van der Waals surface area contributed by atoms with E-state index < -0.39 is 0 Å². The molecule has 0 aliphatic heterocycles. The zero-order valence-electron chi connectivity index (χ0n) is 9.58. The molecule has 1 aliphatic rings. The van der Waals surface area contributed by atoms with E-state index in [1.807, 2.05) is 19.1 Å². The number of rotatable bonds is 3. The molecule has 1 saturated carbocycles. The highest BCUT2D eigenvalue weighted by molar-refractivity contribution is 5.37. The lowest BCUT2D eigenvalue weighted by Gasteiger charge is -2.17. The predicted octanol–water partition coefficient (Wildman–Crippen LogP) is 4.73. The van der Waals surface area contributed by atoms with E-state index in [1.54, 1.807) is 0 Å². The Kier molecular flexibility index (Phi) is 5.54. The van der Waals surface area contributed by atoms with Gasteiger partial charge in [0.1, 0.15) is 0 Å². The maximum Gasteiger partial charge on any atom is -0.0276 e. The molecule has 0 aromatic carbocycles. The highest BCUT2D eigenvalue weighted by Crippen LogP contribution is 2.28. The predicted molar refractivity (Wildman–Crippen MR) is 68.8 cm³/mol. The van der Waals surface area contributed by atoms with Crippen LogP contribution < -0.4 is 0 Å². The summed E-state index contributed by atoms with van der Waals surface area (Å²) in [7, 11) is 0. The number of hydrogen-bond acceptors (Lipinski definition) is 0. The SMILES string of the molecule is C=C\C=C1/CCCC/C1=C\C=C/C=C/C. The molecule has 0 amide bonds. The summed E-state index contributed by atoms with van der Waals surface area (Å²) in [5, 5.41) is 0. The van der Waals surface area contributed by atoms with Gasteiger partial charge in [-0.1, -0.05) is 49.1 Å². The molecule has 0 heterocycles. The van der Waals surface area contributed by atoms with Gasteiger partial charge in [-0.3, -0.25) is 0 Å². The van der Waals surface area contributed by atoms with Gasteiger partial charge in [-0.15, -0.1) is 0 Å². The van der Waals surface area contributed by atoms with Gasteiger partial charge in [-0.05, 0) is 43.8 Å². The Morgan fingerprint density at radius 2 is 1.60 bits per heavy atom. The normalized spacial score (nSPS) is 23.3. The number of allylic oxidation sites excluding steroid dienone is 9. The molecule has 80 valence electrons. The molecular formula is C15H20.